The van der Waals surface area contributed by atoms with Gasteiger partial charge in [0.05, 0.1) is 0 Å². The lowest BCUT2D eigenvalue weighted by atomic mass is 9.96. The molecule has 1 heterocycles. The Morgan fingerprint density at radius 1 is 1.10 bits per heavy atom. The summed E-state index contributed by atoms with van der Waals surface area (Å²) in [6, 6.07) is 13.2. The van der Waals surface area contributed by atoms with Gasteiger partial charge in [-0.15, -0.1) is 0 Å². The van der Waals surface area contributed by atoms with Crippen molar-refractivity contribution >= 4 is 46.8 Å². The van der Waals surface area contributed by atoms with E-state index in [9.17, 15) is 19.2 Å². The van der Waals surface area contributed by atoms with E-state index in [1.165, 1.54) is 13.0 Å². The number of carbonyl (C=O) groups is 4. The average Bonchev–Trinajstić information content (AvgIpc) is 2.66. The van der Waals surface area contributed by atoms with E-state index in [0.29, 0.717) is 21.8 Å². The molecule has 0 fully saturated rings. The highest BCUT2D eigenvalue weighted by atomic mass is 35.5. The van der Waals surface area contributed by atoms with Crippen molar-refractivity contribution in [2.75, 3.05) is 5.32 Å². The van der Waals surface area contributed by atoms with Gasteiger partial charge in [-0.1, -0.05) is 29.8 Å². The number of rotatable bonds is 5. The third-order valence-electron chi connectivity index (χ3n) is 4.10. The van der Waals surface area contributed by atoms with Crippen LogP contribution in [0, 0.1) is 5.92 Å². The predicted octanol–water partition coefficient (Wildman–Crippen LogP) is 3.82. The standard InChI is InChI=1S/C22H16ClNO5/c1-13-11-19(26)20(22(28)29-13)18(25)10-5-14-3-2-4-17(12-14)24-21(27)15-6-8-16(23)9-7-15/h2-12,20H,1H3,(H,24,27)/b10-5+/t20-/m1/s1. The normalized spacial score (nSPS) is 16.3. The van der Waals surface area contributed by atoms with Gasteiger partial charge >= 0.3 is 5.97 Å². The van der Waals surface area contributed by atoms with Gasteiger partial charge in [0.2, 0.25) is 0 Å². The average molecular weight is 410 g/mol. The SMILES string of the molecule is CC1=CC(=O)[C@@H](C(=O)/C=C/c2cccc(NC(=O)c3ccc(Cl)cc3)c2)C(=O)O1. The van der Waals surface area contributed by atoms with Gasteiger partial charge in [-0.2, -0.15) is 0 Å². The molecule has 3 rings (SSSR count). The topological polar surface area (TPSA) is 89.5 Å². The molecule has 0 aromatic heterocycles. The minimum Gasteiger partial charge on any atom is -0.430 e. The highest BCUT2D eigenvalue weighted by molar-refractivity contribution is 6.30. The number of cyclic esters (lactones) is 1. The van der Waals surface area contributed by atoms with E-state index in [2.05, 4.69) is 5.32 Å². The number of nitrogens with one attached hydrogen (secondary N) is 1. The zero-order valence-electron chi connectivity index (χ0n) is 15.3. The molecular formula is C22H16ClNO5. The van der Waals surface area contributed by atoms with Crippen molar-refractivity contribution in [3.05, 3.63) is 82.6 Å². The second kappa shape index (κ2) is 8.67. The number of benzene rings is 2. The van der Waals surface area contributed by atoms with Crippen molar-refractivity contribution in [1.82, 2.24) is 0 Å². The van der Waals surface area contributed by atoms with Gasteiger partial charge in [-0.3, -0.25) is 19.2 Å². The van der Waals surface area contributed by atoms with E-state index < -0.39 is 23.5 Å². The molecule has 0 spiro atoms. The Hall–Kier alpha value is -3.51. The zero-order valence-corrected chi connectivity index (χ0v) is 16.1. The molecular weight excluding hydrogens is 394 g/mol. The fraction of sp³-hybridized carbons (Fsp3) is 0.0909. The van der Waals surface area contributed by atoms with Gasteiger partial charge in [0.25, 0.3) is 5.91 Å². The molecule has 0 radical (unpaired) electrons. The first-order valence-electron chi connectivity index (χ1n) is 8.66. The smallest absolute Gasteiger partial charge is 0.329 e. The van der Waals surface area contributed by atoms with Crippen molar-refractivity contribution in [3.8, 4) is 0 Å². The summed E-state index contributed by atoms with van der Waals surface area (Å²) in [5.41, 5.74) is 1.57. The Bertz CT molecular complexity index is 1050. The molecule has 0 saturated heterocycles. The molecule has 0 saturated carbocycles. The number of anilines is 1. The summed E-state index contributed by atoms with van der Waals surface area (Å²) in [6.07, 6.45) is 3.75. The lowest BCUT2D eigenvalue weighted by molar-refractivity contribution is -0.151. The Labute approximate surface area is 171 Å². The van der Waals surface area contributed by atoms with Gasteiger partial charge in [-0.05, 0) is 55.0 Å². The largest absolute Gasteiger partial charge is 0.430 e. The monoisotopic (exact) mass is 409 g/mol. The van der Waals surface area contributed by atoms with Gasteiger partial charge in [-0.25, -0.2) is 0 Å². The molecule has 0 bridgehead atoms. The molecule has 1 amide bonds. The summed E-state index contributed by atoms with van der Waals surface area (Å²) in [7, 11) is 0. The first-order chi connectivity index (χ1) is 13.8. The number of hydrogen-bond acceptors (Lipinski definition) is 5. The van der Waals surface area contributed by atoms with Crippen molar-refractivity contribution in [3.63, 3.8) is 0 Å². The minimum atomic E-state index is -1.48. The molecule has 1 N–H and O–H groups in total. The summed E-state index contributed by atoms with van der Waals surface area (Å²) < 4.78 is 4.85. The number of halogens is 1. The highest BCUT2D eigenvalue weighted by Gasteiger charge is 2.36. The second-order valence-corrected chi connectivity index (χ2v) is 6.77. The second-order valence-electron chi connectivity index (χ2n) is 6.33. The molecule has 29 heavy (non-hydrogen) atoms. The fourth-order valence-electron chi connectivity index (χ4n) is 2.70. The zero-order chi connectivity index (χ0) is 21.0. The van der Waals surface area contributed by atoms with Crippen LogP contribution in [-0.4, -0.2) is 23.4 Å². The van der Waals surface area contributed by atoms with Crippen LogP contribution in [0.2, 0.25) is 5.02 Å². The molecule has 7 heteroatoms. The molecule has 146 valence electrons. The maximum Gasteiger partial charge on any atom is 0.329 e. The van der Waals surface area contributed by atoms with Gasteiger partial charge in [0, 0.05) is 22.3 Å². The number of carbonyl (C=O) groups excluding carboxylic acids is 4. The van der Waals surface area contributed by atoms with Crippen LogP contribution in [0.3, 0.4) is 0 Å². The molecule has 0 aliphatic carbocycles. The molecule has 2 aromatic carbocycles. The number of ether oxygens (including phenoxy) is 1. The first kappa shape index (κ1) is 20.2. The van der Waals surface area contributed by atoms with Crippen molar-refractivity contribution in [2.45, 2.75) is 6.92 Å². The van der Waals surface area contributed by atoms with Crippen molar-refractivity contribution in [2.24, 2.45) is 5.92 Å². The Morgan fingerprint density at radius 2 is 1.83 bits per heavy atom. The van der Waals surface area contributed by atoms with E-state index in [4.69, 9.17) is 16.3 Å². The van der Waals surface area contributed by atoms with Gasteiger partial charge in [0.1, 0.15) is 5.76 Å². The Balaban J connectivity index is 1.70. The summed E-state index contributed by atoms with van der Waals surface area (Å²) in [4.78, 5) is 48.3. The van der Waals surface area contributed by atoms with Crippen LogP contribution in [0.25, 0.3) is 6.08 Å². The van der Waals surface area contributed by atoms with Crippen LogP contribution in [0.1, 0.15) is 22.8 Å². The third-order valence-corrected chi connectivity index (χ3v) is 4.35. The lowest BCUT2D eigenvalue weighted by Gasteiger charge is -2.15. The van der Waals surface area contributed by atoms with Crippen LogP contribution >= 0.6 is 11.6 Å². The van der Waals surface area contributed by atoms with Gasteiger partial charge in [0.15, 0.2) is 17.5 Å². The maximum atomic E-state index is 12.3. The number of amides is 1. The van der Waals surface area contributed by atoms with Crippen LogP contribution in [0.15, 0.2) is 66.4 Å². The predicted molar refractivity (Wildman–Crippen MR) is 108 cm³/mol. The van der Waals surface area contributed by atoms with Crippen molar-refractivity contribution in [1.29, 1.82) is 0 Å². The number of ketones is 2. The fourth-order valence-corrected chi connectivity index (χ4v) is 2.83. The molecule has 2 aromatic rings. The number of esters is 1. The Morgan fingerprint density at radius 3 is 2.52 bits per heavy atom. The molecule has 1 atom stereocenters. The van der Waals surface area contributed by atoms with Crippen LogP contribution < -0.4 is 5.32 Å². The molecule has 0 unspecified atom stereocenters. The quantitative estimate of drug-likeness (QED) is 0.460. The minimum absolute atomic E-state index is 0.164. The summed E-state index contributed by atoms with van der Waals surface area (Å²) in [5, 5.41) is 3.28. The van der Waals surface area contributed by atoms with Crippen LogP contribution in [-0.2, 0) is 19.1 Å². The Kier molecular flexibility index (Phi) is 6.04. The van der Waals surface area contributed by atoms with E-state index in [0.717, 1.165) is 12.2 Å². The summed E-state index contributed by atoms with van der Waals surface area (Å²) in [5.74, 6) is -3.78. The lowest BCUT2D eigenvalue weighted by Crippen LogP contribution is -2.34. The molecule has 1 aliphatic rings. The van der Waals surface area contributed by atoms with E-state index in [1.807, 2.05) is 0 Å². The van der Waals surface area contributed by atoms with E-state index in [-0.39, 0.29) is 11.7 Å². The van der Waals surface area contributed by atoms with E-state index >= 15 is 0 Å². The van der Waals surface area contributed by atoms with Gasteiger partial charge < -0.3 is 10.1 Å². The molecule has 6 nitrogen and oxygen atoms in total. The summed E-state index contributed by atoms with van der Waals surface area (Å²) in [6.45, 7) is 1.47. The highest BCUT2D eigenvalue weighted by Crippen LogP contribution is 2.18. The van der Waals surface area contributed by atoms with Crippen molar-refractivity contribution < 1.29 is 23.9 Å². The summed E-state index contributed by atoms with van der Waals surface area (Å²) >= 11 is 5.82. The van der Waals surface area contributed by atoms with Crippen LogP contribution in [0.4, 0.5) is 5.69 Å². The molecule has 1 aliphatic heterocycles. The van der Waals surface area contributed by atoms with Crippen LogP contribution in [0.5, 0.6) is 0 Å². The number of allylic oxidation sites excluding steroid dienone is 3. The third kappa shape index (κ3) is 5.06. The first-order valence-corrected chi connectivity index (χ1v) is 9.04. The van der Waals surface area contributed by atoms with E-state index in [1.54, 1.807) is 48.5 Å². The maximum absolute atomic E-state index is 12.3. The number of hydrogen-bond donors (Lipinski definition) is 1.